The van der Waals surface area contributed by atoms with Gasteiger partial charge in [-0.25, -0.2) is 4.98 Å². The molecule has 1 aromatic heterocycles. The molecule has 0 saturated heterocycles. The Morgan fingerprint density at radius 2 is 1.93 bits per heavy atom. The highest BCUT2D eigenvalue weighted by atomic mass is 35.5. The number of halogens is 1. The number of benzene rings is 2. The predicted molar refractivity (Wildman–Crippen MR) is 110 cm³/mol. The average molecular weight is 394 g/mol. The highest BCUT2D eigenvalue weighted by Crippen LogP contribution is 2.22. The third kappa shape index (κ3) is 5.27. The summed E-state index contributed by atoms with van der Waals surface area (Å²) >= 11 is 7.25. The van der Waals surface area contributed by atoms with Crippen molar-refractivity contribution in [2.24, 2.45) is 0 Å². The van der Waals surface area contributed by atoms with Crippen LogP contribution in [0.3, 0.4) is 0 Å². The lowest BCUT2D eigenvalue weighted by molar-refractivity contribution is -0.112. The number of thiazole rings is 1. The fourth-order valence-corrected chi connectivity index (χ4v) is 3.36. The van der Waals surface area contributed by atoms with E-state index in [9.17, 15) is 10.1 Å². The van der Waals surface area contributed by atoms with E-state index in [-0.39, 0.29) is 5.57 Å². The molecule has 0 bridgehead atoms. The summed E-state index contributed by atoms with van der Waals surface area (Å²) in [6.07, 6.45) is 4.01. The van der Waals surface area contributed by atoms with Crippen LogP contribution in [-0.2, 0) is 11.2 Å². The molecule has 0 unspecified atom stereocenters. The smallest absolute Gasteiger partial charge is 0.268 e. The van der Waals surface area contributed by atoms with Gasteiger partial charge >= 0.3 is 0 Å². The summed E-state index contributed by atoms with van der Waals surface area (Å²) < 4.78 is 0. The Kier molecular flexibility index (Phi) is 6.02. The highest BCUT2D eigenvalue weighted by molar-refractivity contribution is 7.15. The number of rotatable bonds is 5. The maximum absolute atomic E-state index is 12.4. The highest BCUT2D eigenvalue weighted by Gasteiger charge is 2.12. The van der Waals surface area contributed by atoms with Crippen molar-refractivity contribution in [2.45, 2.75) is 13.3 Å². The first kappa shape index (κ1) is 18.8. The van der Waals surface area contributed by atoms with E-state index in [1.807, 2.05) is 6.07 Å². The first-order valence-corrected chi connectivity index (χ1v) is 9.42. The third-order valence-electron chi connectivity index (χ3n) is 3.82. The molecule has 0 aliphatic heterocycles. The number of nitrogens with zero attached hydrogens (tertiary/aromatic N) is 2. The van der Waals surface area contributed by atoms with E-state index in [1.165, 1.54) is 28.5 Å². The summed E-state index contributed by atoms with van der Waals surface area (Å²) in [5.41, 5.74) is 3.13. The van der Waals surface area contributed by atoms with Gasteiger partial charge in [0.1, 0.15) is 11.6 Å². The minimum atomic E-state index is -0.483. The summed E-state index contributed by atoms with van der Waals surface area (Å²) in [5.74, 6) is -0.483. The summed E-state index contributed by atoms with van der Waals surface area (Å²) in [4.78, 5) is 17.6. The third-order valence-corrected chi connectivity index (χ3v) is 4.98. The second kappa shape index (κ2) is 8.63. The zero-order valence-corrected chi connectivity index (χ0v) is 16.1. The van der Waals surface area contributed by atoms with Gasteiger partial charge in [0, 0.05) is 22.5 Å². The maximum Gasteiger partial charge on any atom is 0.268 e. The fourth-order valence-electron chi connectivity index (χ4n) is 2.39. The van der Waals surface area contributed by atoms with Crippen LogP contribution in [0.2, 0.25) is 5.02 Å². The van der Waals surface area contributed by atoms with E-state index in [1.54, 1.807) is 30.5 Å². The number of hydrogen-bond acceptors (Lipinski definition) is 4. The first-order chi connectivity index (χ1) is 13.0. The quantitative estimate of drug-likeness (QED) is 0.476. The zero-order valence-electron chi connectivity index (χ0n) is 14.6. The molecule has 1 heterocycles. The lowest BCUT2D eigenvalue weighted by atomic mass is 10.1. The Bertz CT molecular complexity index is 1010. The summed E-state index contributed by atoms with van der Waals surface area (Å²) in [5, 5.41) is 13.1. The molecule has 1 amide bonds. The van der Waals surface area contributed by atoms with Crippen LogP contribution in [-0.4, -0.2) is 10.9 Å². The summed E-state index contributed by atoms with van der Waals surface area (Å²) in [6.45, 7) is 2.05. The SMILES string of the molecule is Cc1ccc(Cc2cnc(NC(=O)/C(C#N)=C/c3ccc(Cl)cc3)s2)cc1. The number of aromatic nitrogens is 1. The molecule has 6 heteroatoms. The number of nitriles is 1. The molecule has 0 spiro atoms. The number of hydrogen-bond donors (Lipinski definition) is 1. The lowest BCUT2D eigenvalue weighted by Gasteiger charge is -2.01. The molecule has 0 aliphatic carbocycles. The van der Waals surface area contributed by atoms with Gasteiger partial charge in [0.25, 0.3) is 5.91 Å². The second-order valence-corrected chi connectivity index (χ2v) is 7.52. The molecule has 0 atom stereocenters. The van der Waals surface area contributed by atoms with Crippen LogP contribution in [0.25, 0.3) is 6.08 Å². The van der Waals surface area contributed by atoms with E-state index in [2.05, 4.69) is 41.5 Å². The molecule has 3 rings (SSSR count). The molecule has 0 radical (unpaired) electrons. The molecule has 134 valence electrons. The van der Waals surface area contributed by atoms with Crippen LogP contribution >= 0.6 is 22.9 Å². The normalized spacial score (nSPS) is 11.1. The topological polar surface area (TPSA) is 65.8 Å². The van der Waals surface area contributed by atoms with Crippen LogP contribution in [0.1, 0.15) is 21.6 Å². The van der Waals surface area contributed by atoms with Gasteiger partial charge in [0.15, 0.2) is 5.13 Å². The van der Waals surface area contributed by atoms with Gasteiger partial charge in [-0.2, -0.15) is 5.26 Å². The molecule has 0 aliphatic rings. The molecule has 1 N–H and O–H groups in total. The Hall–Kier alpha value is -2.94. The summed E-state index contributed by atoms with van der Waals surface area (Å²) in [7, 11) is 0. The Labute approximate surface area is 166 Å². The molecule has 27 heavy (non-hydrogen) atoms. The number of anilines is 1. The zero-order chi connectivity index (χ0) is 19.2. The van der Waals surface area contributed by atoms with Gasteiger partial charge in [0.2, 0.25) is 0 Å². The van der Waals surface area contributed by atoms with Crippen LogP contribution in [0.15, 0.2) is 60.3 Å². The molecule has 3 aromatic rings. The van der Waals surface area contributed by atoms with Crippen molar-refractivity contribution in [1.82, 2.24) is 4.98 Å². The summed E-state index contributed by atoms with van der Waals surface area (Å²) in [6, 6.07) is 17.1. The lowest BCUT2D eigenvalue weighted by Crippen LogP contribution is -2.13. The van der Waals surface area contributed by atoms with Crippen LogP contribution in [0, 0.1) is 18.3 Å². The Balaban J connectivity index is 1.68. The van der Waals surface area contributed by atoms with Crippen LogP contribution < -0.4 is 5.32 Å². The standard InChI is InChI=1S/C21H16ClN3OS/c1-14-2-4-16(5-3-14)11-19-13-24-21(27-19)25-20(26)17(12-23)10-15-6-8-18(22)9-7-15/h2-10,13H,11H2,1H3,(H,24,25,26)/b17-10+. The number of carbonyl (C=O) groups is 1. The van der Waals surface area contributed by atoms with Crippen molar-refractivity contribution in [1.29, 1.82) is 5.26 Å². The minimum absolute atomic E-state index is 0.00704. The van der Waals surface area contributed by atoms with E-state index in [4.69, 9.17) is 11.6 Å². The largest absolute Gasteiger partial charge is 0.297 e. The van der Waals surface area contributed by atoms with Crippen molar-refractivity contribution in [3.63, 3.8) is 0 Å². The average Bonchev–Trinajstić information content (AvgIpc) is 3.10. The van der Waals surface area contributed by atoms with Crippen molar-refractivity contribution in [3.05, 3.63) is 86.9 Å². The van der Waals surface area contributed by atoms with Crippen LogP contribution in [0.5, 0.6) is 0 Å². The number of nitrogens with one attached hydrogen (secondary N) is 1. The molecular formula is C21H16ClN3OS. The number of aryl methyl sites for hydroxylation is 1. The van der Waals surface area contributed by atoms with Gasteiger partial charge in [-0.15, -0.1) is 11.3 Å². The van der Waals surface area contributed by atoms with Crippen molar-refractivity contribution in [3.8, 4) is 6.07 Å². The van der Waals surface area contributed by atoms with Crippen molar-refractivity contribution in [2.75, 3.05) is 5.32 Å². The van der Waals surface area contributed by atoms with Crippen molar-refractivity contribution >= 4 is 40.1 Å². The van der Waals surface area contributed by atoms with E-state index >= 15 is 0 Å². The number of amides is 1. The molecule has 4 nitrogen and oxygen atoms in total. The van der Waals surface area contributed by atoms with Gasteiger partial charge in [-0.3, -0.25) is 10.1 Å². The van der Waals surface area contributed by atoms with Crippen molar-refractivity contribution < 1.29 is 4.79 Å². The fraction of sp³-hybridized carbons (Fsp3) is 0.0952. The van der Waals surface area contributed by atoms with E-state index < -0.39 is 5.91 Å². The minimum Gasteiger partial charge on any atom is -0.297 e. The van der Waals surface area contributed by atoms with E-state index in [0.29, 0.717) is 10.2 Å². The molecule has 0 saturated carbocycles. The number of carbonyl (C=O) groups excluding carboxylic acids is 1. The predicted octanol–water partition coefficient (Wildman–Crippen LogP) is 5.24. The van der Waals surface area contributed by atoms with Crippen LogP contribution in [0.4, 0.5) is 5.13 Å². The molecular weight excluding hydrogens is 378 g/mol. The Morgan fingerprint density at radius 1 is 1.22 bits per heavy atom. The molecule has 0 fully saturated rings. The maximum atomic E-state index is 12.4. The van der Waals surface area contributed by atoms with Gasteiger partial charge in [-0.05, 0) is 36.3 Å². The second-order valence-electron chi connectivity index (χ2n) is 5.97. The molecule has 2 aromatic carbocycles. The first-order valence-electron chi connectivity index (χ1n) is 8.22. The Morgan fingerprint density at radius 3 is 2.59 bits per heavy atom. The van der Waals surface area contributed by atoms with Gasteiger partial charge < -0.3 is 0 Å². The monoisotopic (exact) mass is 393 g/mol. The van der Waals surface area contributed by atoms with E-state index in [0.717, 1.165) is 16.9 Å². The van der Waals surface area contributed by atoms with Gasteiger partial charge in [0.05, 0.1) is 0 Å². The van der Waals surface area contributed by atoms with Gasteiger partial charge in [-0.1, -0.05) is 53.6 Å².